The second kappa shape index (κ2) is 5.26. The Morgan fingerprint density at radius 3 is 2.50 bits per heavy atom. The van der Waals surface area contributed by atoms with Crippen LogP contribution in [0.2, 0.25) is 5.02 Å². The third-order valence-corrected chi connectivity index (χ3v) is 2.96. The fraction of sp³-hybridized carbons (Fsp3) is 0. The number of rotatable bonds is 3. The van der Waals surface area contributed by atoms with Crippen molar-refractivity contribution in [1.29, 1.82) is 0 Å². The highest BCUT2D eigenvalue weighted by molar-refractivity contribution is 6.31. The van der Waals surface area contributed by atoms with Gasteiger partial charge in [-0.15, -0.1) is 0 Å². The largest absolute Gasteiger partial charge is 0.478 e. The van der Waals surface area contributed by atoms with Crippen LogP contribution in [-0.4, -0.2) is 16.0 Å². The zero-order valence-corrected chi connectivity index (χ0v) is 10.6. The van der Waals surface area contributed by atoms with E-state index in [-0.39, 0.29) is 27.4 Å². The van der Waals surface area contributed by atoms with Crippen LogP contribution in [0.3, 0.4) is 0 Å². The molecule has 0 unspecified atom stereocenters. The van der Waals surface area contributed by atoms with Gasteiger partial charge in [0.2, 0.25) is 0 Å². The van der Waals surface area contributed by atoms with Gasteiger partial charge >= 0.3 is 5.97 Å². The highest BCUT2D eigenvalue weighted by Gasteiger charge is 2.17. The first-order valence-electron chi connectivity index (χ1n) is 5.37. The lowest BCUT2D eigenvalue weighted by Gasteiger charge is -2.07. The average molecular weight is 296 g/mol. The smallest absolute Gasteiger partial charge is 0.336 e. The van der Waals surface area contributed by atoms with Crippen LogP contribution >= 0.6 is 11.6 Å². The van der Waals surface area contributed by atoms with Crippen molar-refractivity contribution in [3.8, 4) is 11.1 Å². The maximum atomic E-state index is 13.1. The van der Waals surface area contributed by atoms with Crippen LogP contribution in [0.15, 0.2) is 36.4 Å². The fourth-order valence-corrected chi connectivity index (χ4v) is 1.92. The molecule has 0 saturated carbocycles. The summed E-state index contributed by atoms with van der Waals surface area (Å²) in [5.41, 5.74) is 0.00909. The number of nitro benzene ring substituents is 1. The summed E-state index contributed by atoms with van der Waals surface area (Å²) in [6.45, 7) is 0. The maximum absolute atomic E-state index is 13.1. The summed E-state index contributed by atoms with van der Waals surface area (Å²) >= 11 is 5.64. The lowest BCUT2D eigenvalue weighted by molar-refractivity contribution is -0.384. The van der Waals surface area contributed by atoms with E-state index in [1.165, 1.54) is 12.1 Å². The van der Waals surface area contributed by atoms with Gasteiger partial charge in [0.05, 0.1) is 15.5 Å². The third kappa shape index (κ3) is 2.60. The summed E-state index contributed by atoms with van der Waals surface area (Å²) in [5, 5.41) is 19.7. The van der Waals surface area contributed by atoms with E-state index in [9.17, 15) is 19.3 Å². The zero-order valence-electron chi connectivity index (χ0n) is 9.84. The van der Waals surface area contributed by atoms with Crippen LogP contribution in [0.4, 0.5) is 10.1 Å². The van der Waals surface area contributed by atoms with Crippen molar-refractivity contribution >= 4 is 23.3 Å². The van der Waals surface area contributed by atoms with E-state index in [1.807, 2.05) is 0 Å². The quantitative estimate of drug-likeness (QED) is 0.690. The molecule has 0 saturated heterocycles. The van der Waals surface area contributed by atoms with Gasteiger partial charge in [0.1, 0.15) is 5.82 Å². The molecule has 0 aliphatic carbocycles. The molecular formula is C13H7ClFNO4. The lowest BCUT2D eigenvalue weighted by atomic mass is 9.99. The Kier molecular flexibility index (Phi) is 3.67. The van der Waals surface area contributed by atoms with Crippen LogP contribution in [0.25, 0.3) is 11.1 Å². The van der Waals surface area contributed by atoms with Gasteiger partial charge in [-0.1, -0.05) is 17.7 Å². The molecule has 0 radical (unpaired) electrons. The Bertz CT molecular complexity index is 718. The molecule has 1 N–H and O–H groups in total. The van der Waals surface area contributed by atoms with Crippen molar-refractivity contribution in [3.63, 3.8) is 0 Å². The Hall–Kier alpha value is -2.47. The molecule has 0 aliphatic heterocycles. The number of carbonyl (C=O) groups is 1. The van der Waals surface area contributed by atoms with Crippen molar-refractivity contribution in [3.05, 3.63) is 62.9 Å². The molecule has 0 aliphatic rings. The van der Waals surface area contributed by atoms with Crippen LogP contribution in [0.5, 0.6) is 0 Å². The van der Waals surface area contributed by atoms with Crippen LogP contribution in [-0.2, 0) is 0 Å². The van der Waals surface area contributed by atoms with Gasteiger partial charge in [-0.3, -0.25) is 10.1 Å². The number of benzene rings is 2. The van der Waals surface area contributed by atoms with Crippen LogP contribution in [0, 0.1) is 15.9 Å². The molecule has 0 heterocycles. The summed E-state index contributed by atoms with van der Waals surface area (Å²) in [6.07, 6.45) is 0. The average Bonchev–Trinajstić information content (AvgIpc) is 2.41. The number of carboxylic acids is 1. The van der Waals surface area contributed by atoms with Crippen molar-refractivity contribution in [2.24, 2.45) is 0 Å². The number of hydrogen-bond acceptors (Lipinski definition) is 3. The molecule has 0 aromatic heterocycles. The van der Waals surface area contributed by atoms with E-state index < -0.39 is 16.7 Å². The van der Waals surface area contributed by atoms with Gasteiger partial charge in [0.15, 0.2) is 0 Å². The number of carboxylic acid groups (broad SMARTS) is 1. The number of nitro groups is 1. The summed E-state index contributed by atoms with van der Waals surface area (Å²) in [7, 11) is 0. The van der Waals surface area contributed by atoms with E-state index in [0.29, 0.717) is 0 Å². The van der Waals surface area contributed by atoms with Crippen molar-refractivity contribution < 1.29 is 19.2 Å². The van der Waals surface area contributed by atoms with Gasteiger partial charge < -0.3 is 5.11 Å². The monoisotopic (exact) mass is 295 g/mol. The zero-order chi connectivity index (χ0) is 14.9. The van der Waals surface area contributed by atoms with Gasteiger partial charge in [-0.25, -0.2) is 9.18 Å². The number of halogens is 2. The first kappa shape index (κ1) is 14.0. The molecule has 0 amide bonds. The highest BCUT2D eigenvalue weighted by Crippen LogP contribution is 2.30. The molecular weight excluding hydrogens is 289 g/mol. The molecule has 0 fully saturated rings. The van der Waals surface area contributed by atoms with E-state index in [0.717, 1.165) is 24.3 Å². The predicted octanol–water partition coefficient (Wildman–Crippen LogP) is 3.75. The Labute approximate surface area is 117 Å². The first-order valence-corrected chi connectivity index (χ1v) is 5.75. The molecule has 2 aromatic carbocycles. The first-order chi connectivity index (χ1) is 9.40. The van der Waals surface area contributed by atoms with Crippen LogP contribution in [0.1, 0.15) is 10.4 Å². The van der Waals surface area contributed by atoms with E-state index in [2.05, 4.69) is 0 Å². The minimum Gasteiger partial charge on any atom is -0.478 e. The minimum atomic E-state index is -1.24. The number of aromatic carboxylic acids is 1. The summed E-state index contributed by atoms with van der Waals surface area (Å²) in [6, 6.07) is 6.95. The number of hydrogen-bond donors (Lipinski definition) is 1. The summed E-state index contributed by atoms with van der Waals surface area (Å²) in [4.78, 5) is 21.3. The molecule has 20 heavy (non-hydrogen) atoms. The molecule has 2 aromatic rings. The number of nitrogens with zero attached hydrogens (tertiary/aromatic N) is 1. The normalized spacial score (nSPS) is 10.3. The van der Waals surface area contributed by atoms with E-state index in [1.54, 1.807) is 0 Å². The van der Waals surface area contributed by atoms with Gasteiger partial charge in [-0.05, 0) is 23.8 Å². The van der Waals surface area contributed by atoms with Crippen molar-refractivity contribution in [1.82, 2.24) is 0 Å². The Morgan fingerprint density at radius 2 is 1.95 bits per heavy atom. The number of non-ortho nitro benzene ring substituents is 1. The van der Waals surface area contributed by atoms with Gasteiger partial charge in [0.25, 0.3) is 5.69 Å². The topological polar surface area (TPSA) is 80.4 Å². The minimum absolute atomic E-state index is 0.105. The van der Waals surface area contributed by atoms with Crippen molar-refractivity contribution in [2.75, 3.05) is 0 Å². The molecule has 2 rings (SSSR count). The van der Waals surface area contributed by atoms with E-state index in [4.69, 9.17) is 16.7 Å². The molecule has 0 bridgehead atoms. The Balaban J connectivity index is 2.68. The molecule has 0 spiro atoms. The second-order valence-electron chi connectivity index (χ2n) is 3.92. The molecule has 7 heteroatoms. The van der Waals surface area contributed by atoms with Gasteiger partial charge in [-0.2, -0.15) is 0 Å². The standard InChI is InChI=1S/C13H7ClFNO4/c14-11-5-7(1-4-12(11)15)10-6-8(16(19)20)2-3-9(10)13(17)18/h1-6H,(H,17,18). The predicted molar refractivity (Wildman–Crippen MR) is 70.5 cm³/mol. The lowest BCUT2D eigenvalue weighted by Crippen LogP contribution is -2.01. The second-order valence-corrected chi connectivity index (χ2v) is 4.33. The SMILES string of the molecule is O=C(O)c1ccc([N+](=O)[O-])cc1-c1ccc(F)c(Cl)c1. The molecule has 102 valence electrons. The summed E-state index contributed by atoms with van der Waals surface area (Å²) in [5.74, 6) is -1.90. The van der Waals surface area contributed by atoms with E-state index >= 15 is 0 Å². The third-order valence-electron chi connectivity index (χ3n) is 2.67. The molecule has 0 atom stereocenters. The fourth-order valence-electron chi connectivity index (χ4n) is 1.73. The maximum Gasteiger partial charge on any atom is 0.336 e. The van der Waals surface area contributed by atoms with Crippen LogP contribution < -0.4 is 0 Å². The molecule has 5 nitrogen and oxygen atoms in total. The van der Waals surface area contributed by atoms with Gasteiger partial charge in [0, 0.05) is 17.7 Å². The van der Waals surface area contributed by atoms with Crippen molar-refractivity contribution in [2.45, 2.75) is 0 Å². The highest BCUT2D eigenvalue weighted by atomic mass is 35.5. The summed E-state index contributed by atoms with van der Waals surface area (Å²) < 4.78 is 13.1. The Morgan fingerprint density at radius 1 is 1.25 bits per heavy atom.